The van der Waals surface area contributed by atoms with E-state index in [9.17, 15) is 14.7 Å². The maximum atomic E-state index is 13.5. The van der Waals surface area contributed by atoms with Gasteiger partial charge in [0.05, 0.1) is 5.92 Å². The summed E-state index contributed by atoms with van der Waals surface area (Å²) in [6.07, 6.45) is 6.94. The Morgan fingerprint density at radius 2 is 2.00 bits per heavy atom. The van der Waals surface area contributed by atoms with E-state index < -0.39 is 18.2 Å². The molecule has 2 N–H and O–H groups in total. The van der Waals surface area contributed by atoms with Crippen molar-refractivity contribution in [1.82, 2.24) is 4.98 Å². The Kier molecular flexibility index (Phi) is 5.40. The van der Waals surface area contributed by atoms with Crippen LogP contribution in [-0.4, -0.2) is 28.3 Å². The second-order valence-corrected chi connectivity index (χ2v) is 12.0. The molecule has 0 aliphatic heterocycles. The SMILES string of the molecule is Cc1csc(-c2c(NC(=O)C3C4C=CC(CC4)C3OC(=O)O)sc3c2CCC(C)(C)C3)n1. The molecule has 8 heteroatoms. The van der Waals surface area contributed by atoms with Crippen molar-refractivity contribution >= 4 is 39.7 Å². The standard InChI is InChI=1S/C24H28N2O4S2/c1-12-11-31-21(25-12)18-15-8-9-24(2,3)10-16(15)32-22(18)26-20(27)17-13-4-6-14(7-5-13)19(17)30-23(28)29/h4,6,11,13-14,17,19H,5,7-10H2,1-3H3,(H,26,27)(H,28,29). The van der Waals surface area contributed by atoms with Gasteiger partial charge in [0, 0.05) is 27.4 Å². The van der Waals surface area contributed by atoms with Crippen LogP contribution in [0.25, 0.3) is 10.6 Å². The average molecular weight is 473 g/mol. The zero-order valence-corrected chi connectivity index (χ0v) is 20.1. The van der Waals surface area contributed by atoms with Gasteiger partial charge < -0.3 is 15.2 Å². The van der Waals surface area contributed by atoms with Gasteiger partial charge in [-0.15, -0.1) is 22.7 Å². The molecule has 1 fully saturated rings. The lowest BCUT2D eigenvalue weighted by atomic mass is 9.66. The highest BCUT2D eigenvalue weighted by Gasteiger charge is 2.47. The lowest BCUT2D eigenvalue weighted by Crippen LogP contribution is -2.49. The number of carbonyl (C=O) groups is 2. The average Bonchev–Trinajstić information content (AvgIpc) is 3.29. The van der Waals surface area contributed by atoms with E-state index in [4.69, 9.17) is 9.72 Å². The molecule has 0 saturated heterocycles. The summed E-state index contributed by atoms with van der Waals surface area (Å²) < 4.78 is 5.22. The number of carbonyl (C=O) groups excluding carboxylic acids is 1. The Labute approximate surface area is 195 Å². The van der Waals surface area contributed by atoms with Gasteiger partial charge >= 0.3 is 6.16 Å². The first-order chi connectivity index (χ1) is 15.2. The molecule has 1 saturated carbocycles. The van der Waals surface area contributed by atoms with Crippen LogP contribution in [-0.2, 0) is 22.4 Å². The molecular formula is C24H28N2O4S2. The van der Waals surface area contributed by atoms with E-state index >= 15 is 0 Å². The summed E-state index contributed by atoms with van der Waals surface area (Å²) in [5.74, 6) is -0.687. The number of aryl methyl sites for hydroxylation is 1. The Balaban J connectivity index is 1.50. The van der Waals surface area contributed by atoms with Crippen molar-refractivity contribution in [2.24, 2.45) is 23.2 Å². The third kappa shape index (κ3) is 3.88. The normalized spacial score (nSPS) is 27.7. The first kappa shape index (κ1) is 21.6. The molecule has 170 valence electrons. The number of hydrogen-bond acceptors (Lipinski definition) is 6. The molecule has 4 aliphatic rings. The first-order valence-electron chi connectivity index (χ1n) is 11.2. The molecule has 1 amide bonds. The van der Waals surface area contributed by atoms with E-state index in [1.54, 1.807) is 22.7 Å². The highest BCUT2D eigenvalue weighted by molar-refractivity contribution is 7.18. The number of allylic oxidation sites excluding steroid dienone is 1. The van der Waals surface area contributed by atoms with E-state index in [0.29, 0.717) is 0 Å². The van der Waals surface area contributed by atoms with Gasteiger partial charge in [0.25, 0.3) is 0 Å². The summed E-state index contributed by atoms with van der Waals surface area (Å²) in [6.45, 7) is 6.57. The Morgan fingerprint density at radius 3 is 2.66 bits per heavy atom. The topological polar surface area (TPSA) is 88.5 Å². The number of aromatic nitrogens is 1. The number of thiazole rings is 1. The summed E-state index contributed by atoms with van der Waals surface area (Å²) in [5, 5.41) is 16.3. The van der Waals surface area contributed by atoms with Gasteiger partial charge in [-0.2, -0.15) is 0 Å². The minimum absolute atomic E-state index is 0.00317. The Bertz CT molecular complexity index is 1100. The molecule has 2 heterocycles. The molecule has 4 aliphatic carbocycles. The predicted molar refractivity (Wildman–Crippen MR) is 126 cm³/mol. The zero-order valence-electron chi connectivity index (χ0n) is 18.5. The largest absolute Gasteiger partial charge is 0.506 e. The maximum Gasteiger partial charge on any atom is 0.506 e. The number of amides is 1. The molecule has 2 bridgehead atoms. The number of hydrogen-bond donors (Lipinski definition) is 2. The van der Waals surface area contributed by atoms with E-state index in [2.05, 4.69) is 25.2 Å². The molecule has 4 atom stereocenters. The van der Waals surface area contributed by atoms with E-state index in [1.165, 1.54) is 10.4 Å². The van der Waals surface area contributed by atoms with E-state index in [-0.39, 0.29) is 23.2 Å². The number of anilines is 1. The van der Waals surface area contributed by atoms with Gasteiger partial charge in [-0.1, -0.05) is 26.0 Å². The fourth-order valence-electron chi connectivity index (χ4n) is 5.45. The number of nitrogens with one attached hydrogen (secondary N) is 1. The number of ether oxygens (including phenoxy) is 1. The molecule has 0 spiro atoms. The third-order valence-corrected chi connectivity index (χ3v) is 9.19. The smallest absolute Gasteiger partial charge is 0.450 e. The summed E-state index contributed by atoms with van der Waals surface area (Å²) in [6, 6.07) is 0. The van der Waals surface area contributed by atoms with Crippen LogP contribution in [0.1, 0.15) is 49.2 Å². The number of rotatable bonds is 4. The predicted octanol–water partition coefficient (Wildman–Crippen LogP) is 5.91. The Hall–Kier alpha value is -2.19. The maximum absolute atomic E-state index is 13.5. The molecule has 0 aromatic carbocycles. The summed E-state index contributed by atoms with van der Waals surface area (Å²) >= 11 is 3.26. The van der Waals surface area contributed by atoms with Crippen molar-refractivity contribution in [3.05, 3.63) is 33.7 Å². The van der Waals surface area contributed by atoms with E-state index in [0.717, 1.165) is 53.4 Å². The van der Waals surface area contributed by atoms with Crippen molar-refractivity contribution in [3.8, 4) is 10.6 Å². The van der Waals surface area contributed by atoms with Crippen LogP contribution in [0.5, 0.6) is 0 Å². The quantitative estimate of drug-likeness (QED) is 0.427. The van der Waals surface area contributed by atoms with Crippen molar-refractivity contribution in [2.45, 2.75) is 59.0 Å². The molecule has 4 unspecified atom stereocenters. The van der Waals surface area contributed by atoms with Gasteiger partial charge in [0.2, 0.25) is 5.91 Å². The van der Waals surface area contributed by atoms with Crippen molar-refractivity contribution in [3.63, 3.8) is 0 Å². The van der Waals surface area contributed by atoms with Gasteiger partial charge in [0.1, 0.15) is 16.1 Å². The van der Waals surface area contributed by atoms with Crippen molar-refractivity contribution in [1.29, 1.82) is 0 Å². The first-order valence-corrected chi connectivity index (χ1v) is 12.9. The summed E-state index contributed by atoms with van der Waals surface area (Å²) in [4.78, 5) is 30.9. The zero-order chi connectivity index (χ0) is 22.6. The third-order valence-electron chi connectivity index (χ3n) is 7.07. The van der Waals surface area contributed by atoms with Crippen molar-refractivity contribution in [2.75, 3.05) is 5.32 Å². The van der Waals surface area contributed by atoms with Crippen LogP contribution in [0.3, 0.4) is 0 Å². The molecule has 6 rings (SSSR count). The lowest BCUT2D eigenvalue weighted by molar-refractivity contribution is -0.130. The minimum atomic E-state index is -1.32. The molecule has 2 aromatic rings. The van der Waals surface area contributed by atoms with Crippen LogP contribution in [0.4, 0.5) is 9.80 Å². The number of thiophene rings is 1. The fourth-order valence-corrected chi connectivity index (χ4v) is 7.90. The van der Waals surface area contributed by atoms with E-state index in [1.807, 2.05) is 18.4 Å². The van der Waals surface area contributed by atoms with Crippen LogP contribution in [0.2, 0.25) is 0 Å². The van der Waals surface area contributed by atoms with Crippen LogP contribution in [0.15, 0.2) is 17.5 Å². The Morgan fingerprint density at radius 1 is 1.25 bits per heavy atom. The van der Waals surface area contributed by atoms with Crippen LogP contribution < -0.4 is 5.32 Å². The van der Waals surface area contributed by atoms with Crippen LogP contribution in [0, 0.1) is 30.1 Å². The monoisotopic (exact) mass is 472 g/mol. The second kappa shape index (κ2) is 7.99. The van der Waals surface area contributed by atoms with Gasteiger partial charge in [-0.3, -0.25) is 4.79 Å². The molecule has 2 aromatic heterocycles. The lowest BCUT2D eigenvalue weighted by Gasteiger charge is -2.42. The number of nitrogens with zero attached hydrogens (tertiary/aromatic N) is 1. The molecule has 6 nitrogen and oxygen atoms in total. The van der Waals surface area contributed by atoms with Crippen molar-refractivity contribution < 1.29 is 19.4 Å². The highest BCUT2D eigenvalue weighted by Crippen LogP contribution is 2.49. The van der Waals surface area contributed by atoms with Gasteiger partial charge in [0.15, 0.2) is 0 Å². The molecule has 32 heavy (non-hydrogen) atoms. The second-order valence-electron chi connectivity index (χ2n) is 10.00. The number of carboxylic acid groups (broad SMARTS) is 1. The van der Waals surface area contributed by atoms with Gasteiger partial charge in [-0.25, -0.2) is 9.78 Å². The highest BCUT2D eigenvalue weighted by atomic mass is 32.1. The summed E-state index contributed by atoms with van der Waals surface area (Å²) in [5.41, 5.74) is 3.58. The van der Waals surface area contributed by atoms with Crippen LogP contribution >= 0.6 is 22.7 Å². The number of fused-ring (bicyclic) bond motifs is 3. The fraction of sp³-hybridized carbons (Fsp3) is 0.542. The molecular weight excluding hydrogens is 444 g/mol. The summed E-state index contributed by atoms with van der Waals surface area (Å²) in [7, 11) is 0. The minimum Gasteiger partial charge on any atom is -0.450 e. The van der Waals surface area contributed by atoms with Gasteiger partial charge in [-0.05, 0) is 55.9 Å². The molecule has 0 radical (unpaired) electrons.